The maximum Gasteiger partial charge on any atom is 0.228 e. The van der Waals surface area contributed by atoms with Crippen molar-refractivity contribution in [3.05, 3.63) is 23.8 Å². The molecule has 3 nitrogen and oxygen atoms in total. The minimum absolute atomic E-state index is 0.167. The first-order valence-electron chi connectivity index (χ1n) is 5.79. The lowest BCUT2D eigenvalue weighted by Crippen LogP contribution is -2.25. The van der Waals surface area contributed by atoms with Gasteiger partial charge in [0.2, 0.25) is 5.91 Å². The summed E-state index contributed by atoms with van der Waals surface area (Å²) in [6.45, 7) is 6.77. The first kappa shape index (κ1) is 12.6. The summed E-state index contributed by atoms with van der Waals surface area (Å²) in [6.07, 6.45) is 0.560. The Morgan fingerprint density at radius 1 is 1.31 bits per heavy atom. The summed E-state index contributed by atoms with van der Waals surface area (Å²) >= 11 is 0. The maximum absolute atomic E-state index is 11.5. The standard InChI is InChI=1S/C11H14N2O.C2H6/c1-8-3-4-10-9(7-8)12-6-5-11(14)13(10)2;1-2/h3-4,7,12H,5-6H2,1-2H3;1-2H3. The van der Waals surface area contributed by atoms with Gasteiger partial charge in [-0.3, -0.25) is 4.79 Å². The summed E-state index contributed by atoms with van der Waals surface area (Å²) in [4.78, 5) is 13.3. The van der Waals surface area contributed by atoms with Gasteiger partial charge in [0.25, 0.3) is 0 Å². The van der Waals surface area contributed by atoms with E-state index in [4.69, 9.17) is 0 Å². The Kier molecular flexibility index (Phi) is 4.35. The topological polar surface area (TPSA) is 32.3 Å². The highest BCUT2D eigenvalue weighted by Gasteiger charge is 2.17. The summed E-state index contributed by atoms with van der Waals surface area (Å²) in [5.74, 6) is 0.167. The number of amides is 1. The Balaban J connectivity index is 0.000000606. The van der Waals surface area contributed by atoms with E-state index in [2.05, 4.69) is 18.3 Å². The zero-order valence-corrected chi connectivity index (χ0v) is 10.5. The van der Waals surface area contributed by atoms with Crippen LogP contribution < -0.4 is 10.2 Å². The van der Waals surface area contributed by atoms with Crippen LogP contribution in [0.25, 0.3) is 0 Å². The molecule has 1 aliphatic rings. The highest BCUT2D eigenvalue weighted by Crippen LogP contribution is 2.28. The molecular weight excluding hydrogens is 200 g/mol. The van der Waals surface area contributed by atoms with Gasteiger partial charge in [-0.15, -0.1) is 0 Å². The van der Waals surface area contributed by atoms with Crippen LogP contribution in [0.5, 0.6) is 0 Å². The Bertz CT molecular complexity index is 374. The van der Waals surface area contributed by atoms with Crippen LogP contribution in [0.3, 0.4) is 0 Å². The predicted molar refractivity (Wildman–Crippen MR) is 69.0 cm³/mol. The normalized spacial score (nSPS) is 14.2. The van der Waals surface area contributed by atoms with Crippen LogP contribution in [0.15, 0.2) is 18.2 Å². The fourth-order valence-electron chi connectivity index (χ4n) is 1.69. The number of rotatable bonds is 0. The quantitative estimate of drug-likeness (QED) is 0.729. The average Bonchev–Trinajstić information content (AvgIpc) is 2.43. The molecular formula is C13H20N2O. The molecule has 0 bridgehead atoms. The van der Waals surface area contributed by atoms with Gasteiger partial charge in [-0.1, -0.05) is 19.9 Å². The number of aryl methyl sites for hydroxylation is 1. The first-order chi connectivity index (χ1) is 7.68. The second-order valence-electron chi connectivity index (χ2n) is 3.65. The molecule has 2 rings (SSSR count). The lowest BCUT2D eigenvalue weighted by molar-refractivity contribution is -0.118. The second-order valence-corrected chi connectivity index (χ2v) is 3.65. The molecule has 1 N–H and O–H groups in total. The molecule has 0 aromatic heterocycles. The van der Waals surface area contributed by atoms with Crippen molar-refractivity contribution in [2.75, 3.05) is 23.8 Å². The number of hydrogen-bond acceptors (Lipinski definition) is 2. The van der Waals surface area contributed by atoms with Crippen molar-refractivity contribution >= 4 is 17.3 Å². The molecule has 0 aliphatic carbocycles. The van der Waals surface area contributed by atoms with Gasteiger partial charge in [0.05, 0.1) is 11.4 Å². The lowest BCUT2D eigenvalue weighted by atomic mass is 10.2. The molecule has 0 fully saturated rings. The van der Waals surface area contributed by atoms with E-state index in [1.54, 1.807) is 4.90 Å². The van der Waals surface area contributed by atoms with Crippen LogP contribution in [-0.2, 0) is 4.79 Å². The van der Waals surface area contributed by atoms with Crippen LogP contribution in [0.2, 0.25) is 0 Å². The van der Waals surface area contributed by atoms with Crippen LogP contribution in [0.4, 0.5) is 11.4 Å². The van der Waals surface area contributed by atoms with Gasteiger partial charge in [-0.05, 0) is 24.6 Å². The molecule has 3 heteroatoms. The number of benzene rings is 1. The van der Waals surface area contributed by atoms with Gasteiger partial charge in [-0.25, -0.2) is 0 Å². The van der Waals surface area contributed by atoms with Gasteiger partial charge in [-0.2, -0.15) is 0 Å². The number of carbonyl (C=O) groups excluding carboxylic acids is 1. The zero-order valence-electron chi connectivity index (χ0n) is 10.5. The number of hydrogen-bond donors (Lipinski definition) is 1. The molecule has 0 radical (unpaired) electrons. The minimum Gasteiger partial charge on any atom is -0.383 e. The molecule has 88 valence electrons. The van der Waals surface area contributed by atoms with Crippen molar-refractivity contribution in [3.8, 4) is 0 Å². The smallest absolute Gasteiger partial charge is 0.228 e. The monoisotopic (exact) mass is 220 g/mol. The SMILES string of the molecule is CC.Cc1ccc2c(c1)NCCC(=O)N2C. The summed E-state index contributed by atoms with van der Waals surface area (Å²) in [5.41, 5.74) is 3.23. The van der Waals surface area contributed by atoms with E-state index in [1.165, 1.54) is 5.56 Å². The Morgan fingerprint density at radius 3 is 2.69 bits per heavy atom. The summed E-state index contributed by atoms with van der Waals surface area (Å²) < 4.78 is 0. The van der Waals surface area contributed by atoms with E-state index in [1.807, 2.05) is 33.0 Å². The maximum atomic E-state index is 11.5. The molecule has 0 spiro atoms. The van der Waals surface area contributed by atoms with Gasteiger partial charge >= 0.3 is 0 Å². The number of anilines is 2. The van der Waals surface area contributed by atoms with Crippen molar-refractivity contribution in [3.63, 3.8) is 0 Å². The largest absolute Gasteiger partial charge is 0.383 e. The third kappa shape index (κ3) is 2.54. The van der Waals surface area contributed by atoms with Crippen molar-refractivity contribution < 1.29 is 4.79 Å². The van der Waals surface area contributed by atoms with Crippen LogP contribution in [0, 0.1) is 6.92 Å². The van der Waals surface area contributed by atoms with Gasteiger partial charge in [0.1, 0.15) is 0 Å². The first-order valence-corrected chi connectivity index (χ1v) is 5.79. The summed E-state index contributed by atoms with van der Waals surface area (Å²) in [5, 5.41) is 3.26. The van der Waals surface area contributed by atoms with Gasteiger partial charge in [0.15, 0.2) is 0 Å². The van der Waals surface area contributed by atoms with Crippen molar-refractivity contribution in [1.82, 2.24) is 0 Å². The minimum atomic E-state index is 0.167. The fraction of sp³-hybridized carbons (Fsp3) is 0.462. The van der Waals surface area contributed by atoms with Crippen molar-refractivity contribution in [2.24, 2.45) is 0 Å². The summed E-state index contributed by atoms with van der Waals surface area (Å²) in [6, 6.07) is 6.08. The van der Waals surface area contributed by atoms with E-state index in [0.717, 1.165) is 17.9 Å². The molecule has 0 atom stereocenters. The molecule has 0 saturated heterocycles. The number of nitrogens with one attached hydrogen (secondary N) is 1. The predicted octanol–water partition coefficient (Wildman–Crippen LogP) is 2.80. The van der Waals surface area contributed by atoms with Crippen molar-refractivity contribution in [2.45, 2.75) is 27.2 Å². The average molecular weight is 220 g/mol. The molecule has 0 unspecified atom stereocenters. The fourth-order valence-corrected chi connectivity index (χ4v) is 1.69. The molecule has 1 aliphatic heterocycles. The van der Waals surface area contributed by atoms with E-state index in [9.17, 15) is 4.79 Å². The highest BCUT2D eigenvalue weighted by atomic mass is 16.2. The Labute approximate surface area is 97.5 Å². The third-order valence-electron chi connectivity index (χ3n) is 2.54. The molecule has 1 aromatic carbocycles. The molecule has 1 aromatic rings. The van der Waals surface area contributed by atoms with Crippen molar-refractivity contribution in [1.29, 1.82) is 0 Å². The molecule has 16 heavy (non-hydrogen) atoms. The number of fused-ring (bicyclic) bond motifs is 1. The summed E-state index contributed by atoms with van der Waals surface area (Å²) in [7, 11) is 1.82. The lowest BCUT2D eigenvalue weighted by Gasteiger charge is -2.17. The molecule has 1 amide bonds. The van der Waals surface area contributed by atoms with E-state index in [-0.39, 0.29) is 5.91 Å². The van der Waals surface area contributed by atoms with Gasteiger partial charge in [0, 0.05) is 20.0 Å². The Hall–Kier alpha value is -1.51. The van der Waals surface area contributed by atoms with E-state index < -0.39 is 0 Å². The Morgan fingerprint density at radius 2 is 2.00 bits per heavy atom. The number of nitrogens with zero attached hydrogens (tertiary/aromatic N) is 1. The second kappa shape index (κ2) is 5.54. The van der Waals surface area contributed by atoms with Crippen LogP contribution >= 0.6 is 0 Å². The van der Waals surface area contributed by atoms with E-state index in [0.29, 0.717) is 6.42 Å². The molecule has 0 saturated carbocycles. The molecule has 1 heterocycles. The van der Waals surface area contributed by atoms with Crippen LogP contribution in [0.1, 0.15) is 25.8 Å². The zero-order chi connectivity index (χ0) is 12.1. The number of carbonyl (C=O) groups is 1. The van der Waals surface area contributed by atoms with E-state index >= 15 is 0 Å². The van der Waals surface area contributed by atoms with Gasteiger partial charge < -0.3 is 10.2 Å². The van der Waals surface area contributed by atoms with Crippen LogP contribution in [-0.4, -0.2) is 19.5 Å². The highest BCUT2D eigenvalue weighted by molar-refractivity contribution is 5.97. The third-order valence-corrected chi connectivity index (χ3v) is 2.54.